The van der Waals surface area contributed by atoms with Crippen molar-refractivity contribution in [1.82, 2.24) is 0 Å². The molecule has 0 aliphatic heterocycles. The Balaban J connectivity index is 2.44. The van der Waals surface area contributed by atoms with Crippen molar-refractivity contribution in [3.05, 3.63) is 24.3 Å². The first-order chi connectivity index (χ1) is 12.0. The Kier molecular flexibility index (Phi) is 10.4. The molecule has 0 aromatic heterocycles. The van der Waals surface area contributed by atoms with E-state index in [0.29, 0.717) is 25.0 Å². The number of carboxylic acid groups (broad SMARTS) is 1. The molecule has 4 atom stereocenters. The van der Waals surface area contributed by atoms with Crippen molar-refractivity contribution in [3.63, 3.8) is 0 Å². The number of hydrogen-bond donors (Lipinski definition) is 2. The van der Waals surface area contributed by atoms with Crippen molar-refractivity contribution >= 4 is 11.8 Å². The first-order valence-electron chi connectivity index (χ1n) is 9.71. The molecule has 0 heterocycles. The number of aliphatic carboxylic acids is 1. The number of aliphatic hydroxyl groups excluding tert-OH is 1. The summed E-state index contributed by atoms with van der Waals surface area (Å²) in [6.45, 7) is 4.22. The third kappa shape index (κ3) is 8.48. The molecule has 0 bridgehead atoms. The zero-order chi connectivity index (χ0) is 18.7. The molecule has 0 saturated heterocycles. The van der Waals surface area contributed by atoms with Crippen LogP contribution in [0.15, 0.2) is 24.3 Å². The summed E-state index contributed by atoms with van der Waals surface area (Å²) in [5.74, 6) is 0.00449. The predicted octanol–water partition coefficient (Wildman–Crippen LogP) is 4.53. The quantitative estimate of drug-likeness (QED) is 0.401. The lowest BCUT2D eigenvalue weighted by Gasteiger charge is -2.17. The minimum Gasteiger partial charge on any atom is -0.481 e. The van der Waals surface area contributed by atoms with Gasteiger partial charge in [-0.2, -0.15) is 0 Å². The van der Waals surface area contributed by atoms with Crippen molar-refractivity contribution in [3.8, 4) is 0 Å². The molecule has 0 amide bonds. The van der Waals surface area contributed by atoms with Gasteiger partial charge in [-0.1, -0.05) is 51.0 Å². The van der Waals surface area contributed by atoms with E-state index in [1.165, 1.54) is 0 Å². The molecule has 1 aliphatic carbocycles. The van der Waals surface area contributed by atoms with E-state index in [4.69, 9.17) is 5.11 Å². The van der Waals surface area contributed by atoms with Crippen LogP contribution in [0.25, 0.3) is 0 Å². The fourth-order valence-electron chi connectivity index (χ4n) is 3.35. The molecule has 0 aromatic rings. The second-order valence-electron chi connectivity index (χ2n) is 7.26. The third-order valence-electron chi connectivity index (χ3n) is 5.12. The minimum absolute atomic E-state index is 0.00474. The van der Waals surface area contributed by atoms with Gasteiger partial charge in [-0.25, -0.2) is 0 Å². The number of unbranched alkanes of at least 4 members (excludes halogenated alkanes) is 2. The second kappa shape index (κ2) is 12.0. The molecule has 4 nitrogen and oxygen atoms in total. The van der Waals surface area contributed by atoms with Crippen molar-refractivity contribution in [2.45, 2.75) is 77.7 Å². The van der Waals surface area contributed by atoms with Crippen molar-refractivity contribution < 1.29 is 19.8 Å². The summed E-state index contributed by atoms with van der Waals surface area (Å²) in [5.41, 5.74) is 0. The third-order valence-corrected chi connectivity index (χ3v) is 5.12. The maximum Gasteiger partial charge on any atom is 0.303 e. The van der Waals surface area contributed by atoms with Gasteiger partial charge in [0.2, 0.25) is 0 Å². The minimum atomic E-state index is -0.767. The molecule has 2 N–H and O–H groups in total. The molecule has 0 aromatic carbocycles. The van der Waals surface area contributed by atoms with Crippen LogP contribution >= 0.6 is 0 Å². The van der Waals surface area contributed by atoms with E-state index in [9.17, 15) is 14.7 Å². The number of carboxylic acids is 1. The van der Waals surface area contributed by atoms with Gasteiger partial charge >= 0.3 is 5.97 Å². The van der Waals surface area contributed by atoms with E-state index in [2.05, 4.69) is 13.8 Å². The smallest absolute Gasteiger partial charge is 0.303 e. The maximum atomic E-state index is 12.1. The van der Waals surface area contributed by atoms with Crippen LogP contribution in [0.4, 0.5) is 0 Å². The van der Waals surface area contributed by atoms with E-state index >= 15 is 0 Å². The molecule has 1 fully saturated rings. The van der Waals surface area contributed by atoms with E-state index in [0.717, 1.165) is 32.1 Å². The van der Waals surface area contributed by atoms with Crippen LogP contribution in [-0.2, 0) is 9.59 Å². The lowest BCUT2D eigenvalue weighted by atomic mass is 9.90. The average molecular weight is 350 g/mol. The standard InChI is InChI=1S/C21H34O4/c1-3-4-9-16(2)19(22)14-12-17-13-15-20(23)18(17)10-7-5-6-8-11-21(24)25/h5,7,12,14,16-19,22H,3-4,6,8-11,13,15H2,1-2H3,(H,24,25)/b7-5-,14-12+/t16?,17?,18-,19+/m1/s1. The number of carbonyl (C=O) groups excluding carboxylic acids is 1. The molecule has 4 heteroatoms. The van der Waals surface area contributed by atoms with Gasteiger partial charge in [-0.05, 0) is 43.9 Å². The molecule has 0 radical (unpaired) electrons. The first-order valence-corrected chi connectivity index (χ1v) is 9.71. The van der Waals surface area contributed by atoms with Gasteiger partial charge in [0.05, 0.1) is 6.10 Å². The van der Waals surface area contributed by atoms with Gasteiger partial charge in [0, 0.05) is 18.8 Å². The highest BCUT2D eigenvalue weighted by atomic mass is 16.4. The van der Waals surface area contributed by atoms with Gasteiger partial charge in [0.15, 0.2) is 0 Å². The number of rotatable bonds is 12. The second-order valence-corrected chi connectivity index (χ2v) is 7.26. The van der Waals surface area contributed by atoms with Crippen LogP contribution < -0.4 is 0 Å². The predicted molar refractivity (Wildman–Crippen MR) is 100 cm³/mol. The number of allylic oxidation sites excluding steroid dienone is 3. The largest absolute Gasteiger partial charge is 0.481 e. The summed E-state index contributed by atoms with van der Waals surface area (Å²) in [7, 11) is 0. The summed E-state index contributed by atoms with van der Waals surface area (Å²) in [5, 5.41) is 18.8. The fourth-order valence-corrected chi connectivity index (χ4v) is 3.35. The Labute approximate surface area is 152 Å². The zero-order valence-corrected chi connectivity index (χ0v) is 15.7. The summed E-state index contributed by atoms with van der Waals surface area (Å²) < 4.78 is 0. The lowest BCUT2D eigenvalue weighted by molar-refractivity contribution is -0.137. The van der Waals surface area contributed by atoms with Gasteiger partial charge in [0.1, 0.15) is 5.78 Å². The van der Waals surface area contributed by atoms with E-state index in [1.54, 1.807) is 0 Å². The molecule has 2 unspecified atom stereocenters. The van der Waals surface area contributed by atoms with E-state index in [1.807, 2.05) is 24.3 Å². The molecule has 142 valence electrons. The van der Waals surface area contributed by atoms with Crippen LogP contribution in [0.2, 0.25) is 0 Å². The monoisotopic (exact) mass is 350 g/mol. The van der Waals surface area contributed by atoms with Crippen LogP contribution in [0.1, 0.15) is 71.6 Å². The Hall–Kier alpha value is -1.42. The number of Topliss-reactive ketones (excluding diaryl/α,β-unsaturated/α-hetero) is 1. The van der Waals surface area contributed by atoms with Gasteiger partial charge in [-0.15, -0.1) is 0 Å². The Bertz CT molecular complexity index is 467. The number of hydrogen-bond acceptors (Lipinski definition) is 3. The van der Waals surface area contributed by atoms with Gasteiger partial charge in [0.25, 0.3) is 0 Å². The normalized spacial score (nSPS) is 23.6. The maximum absolute atomic E-state index is 12.1. The molecule has 1 saturated carbocycles. The summed E-state index contributed by atoms with van der Waals surface area (Å²) >= 11 is 0. The Morgan fingerprint density at radius 3 is 2.76 bits per heavy atom. The number of aliphatic hydroxyl groups is 1. The molecule has 1 rings (SSSR count). The molecule has 25 heavy (non-hydrogen) atoms. The lowest BCUT2D eigenvalue weighted by Crippen LogP contribution is -2.16. The SMILES string of the molecule is CCCCC(C)[C@@H](O)/C=C/C1CCC(=O)[C@@H]1C/C=C\CCCC(=O)O. The summed E-state index contributed by atoms with van der Waals surface area (Å²) in [6, 6.07) is 0. The summed E-state index contributed by atoms with van der Waals surface area (Å²) in [4.78, 5) is 22.6. The highest BCUT2D eigenvalue weighted by Crippen LogP contribution is 2.33. The zero-order valence-electron chi connectivity index (χ0n) is 15.7. The summed E-state index contributed by atoms with van der Waals surface area (Å²) in [6.07, 6.45) is 14.5. The first kappa shape index (κ1) is 21.6. The van der Waals surface area contributed by atoms with Crippen LogP contribution in [0, 0.1) is 17.8 Å². The van der Waals surface area contributed by atoms with E-state index in [-0.39, 0.29) is 24.2 Å². The Morgan fingerprint density at radius 2 is 2.08 bits per heavy atom. The van der Waals surface area contributed by atoms with Crippen molar-refractivity contribution in [2.75, 3.05) is 0 Å². The molecule has 0 spiro atoms. The highest BCUT2D eigenvalue weighted by Gasteiger charge is 2.32. The van der Waals surface area contributed by atoms with E-state index < -0.39 is 12.1 Å². The van der Waals surface area contributed by atoms with Crippen LogP contribution in [0.5, 0.6) is 0 Å². The van der Waals surface area contributed by atoms with Crippen molar-refractivity contribution in [1.29, 1.82) is 0 Å². The molecule has 1 aliphatic rings. The average Bonchev–Trinajstić information content (AvgIpc) is 2.93. The Morgan fingerprint density at radius 1 is 1.32 bits per heavy atom. The van der Waals surface area contributed by atoms with Crippen LogP contribution in [0.3, 0.4) is 0 Å². The fraction of sp³-hybridized carbons (Fsp3) is 0.714. The molecular weight excluding hydrogens is 316 g/mol. The van der Waals surface area contributed by atoms with Gasteiger partial charge in [-0.3, -0.25) is 9.59 Å². The van der Waals surface area contributed by atoms with Crippen molar-refractivity contribution in [2.24, 2.45) is 17.8 Å². The number of carbonyl (C=O) groups is 2. The van der Waals surface area contributed by atoms with Gasteiger partial charge < -0.3 is 10.2 Å². The number of ketones is 1. The highest BCUT2D eigenvalue weighted by molar-refractivity contribution is 5.83. The topological polar surface area (TPSA) is 74.6 Å². The van der Waals surface area contributed by atoms with Crippen LogP contribution in [-0.4, -0.2) is 28.1 Å². The molecular formula is C21H34O4.